The number of aromatic nitrogens is 3. The molecule has 2 aromatic carbocycles. The lowest BCUT2D eigenvalue weighted by Crippen LogP contribution is -2.22. The van der Waals surface area contributed by atoms with Gasteiger partial charge in [0.25, 0.3) is 11.6 Å². The van der Waals surface area contributed by atoms with Crippen molar-refractivity contribution in [1.82, 2.24) is 14.8 Å². The molecule has 10 nitrogen and oxygen atoms in total. The number of aryl methyl sites for hydroxylation is 1. The van der Waals surface area contributed by atoms with Crippen LogP contribution in [0, 0.1) is 17.0 Å². The second-order valence-electron chi connectivity index (χ2n) is 6.33. The molecule has 1 N–H and O–H groups in total. The van der Waals surface area contributed by atoms with E-state index >= 15 is 0 Å². The molecule has 0 radical (unpaired) electrons. The molecule has 32 heavy (non-hydrogen) atoms. The van der Waals surface area contributed by atoms with Gasteiger partial charge in [-0.25, -0.2) is 0 Å². The maximum Gasteiger partial charge on any atom is 0.316 e. The molecule has 0 saturated carbocycles. The highest BCUT2D eigenvalue weighted by Gasteiger charge is 2.18. The summed E-state index contributed by atoms with van der Waals surface area (Å²) in [4.78, 5) is 34.4. The first-order valence-corrected chi connectivity index (χ1v) is 10.7. The number of nitro groups is 1. The standard InChI is InChI=1S/C19H15Cl2N5O5S/c1-11-2-4-13(7-14(11)21)25-10-22-24-19(25)32-9-18(28)31-8-17(27)23-15-5-3-12(20)6-16(15)26(29)30/h2-7,10H,8-9H2,1H3,(H,23,27). The van der Waals surface area contributed by atoms with Gasteiger partial charge in [0.05, 0.1) is 16.4 Å². The fourth-order valence-electron chi connectivity index (χ4n) is 2.49. The minimum atomic E-state index is -0.730. The van der Waals surface area contributed by atoms with Gasteiger partial charge in [0, 0.05) is 16.1 Å². The summed E-state index contributed by atoms with van der Waals surface area (Å²) in [5.74, 6) is -1.54. The monoisotopic (exact) mass is 495 g/mol. The number of thioether (sulfide) groups is 1. The van der Waals surface area contributed by atoms with Gasteiger partial charge in [0.15, 0.2) is 11.8 Å². The molecule has 0 aliphatic heterocycles. The van der Waals surface area contributed by atoms with Crippen molar-refractivity contribution < 1.29 is 19.2 Å². The molecule has 3 rings (SSSR count). The lowest BCUT2D eigenvalue weighted by molar-refractivity contribution is -0.383. The highest BCUT2D eigenvalue weighted by molar-refractivity contribution is 7.99. The predicted octanol–water partition coefficient (Wildman–Crippen LogP) is 4.06. The van der Waals surface area contributed by atoms with Crippen LogP contribution in [-0.4, -0.2) is 43.9 Å². The van der Waals surface area contributed by atoms with Crippen LogP contribution in [0.3, 0.4) is 0 Å². The van der Waals surface area contributed by atoms with Crippen LogP contribution in [0.4, 0.5) is 11.4 Å². The van der Waals surface area contributed by atoms with Crippen molar-refractivity contribution in [2.24, 2.45) is 0 Å². The number of hydrogen-bond donors (Lipinski definition) is 1. The van der Waals surface area contributed by atoms with Crippen LogP contribution >= 0.6 is 35.0 Å². The number of carbonyl (C=O) groups excluding carboxylic acids is 2. The number of amides is 1. The molecule has 1 aromatic heterocycles. The molecule has 13 heteroatoms. The Balaban J connectivity index is 1.53. The predicted molar refractivity (Wildman–Crippen MR) is 120 cm³/mol. The Bertz CT molecular complexity index is 1190. The second kappa shape index (κ2) is 10.4. The van der Waals surface area contributed by atoms with Crippen molar-refractivity contribution in [3.63, 3.8) is 0 Å². The average Bonchev–Trinajstić information content (AvgIpc) is 3.22. The van der Waals surface area contributed by atoms with Gasteiger partial charge in [0.2, 0.25) is 0 Å². The number of halogens is 2. The molecule has 0 spiro atoms. The van der Waals surface area contributed by atoms with Crippen LogP contribution in [0.1, 0.15) is 5.56 Å². The zero-order valence-corrected chi connectivity index (χ0v) is 18.8. The zero-order chi connectivity index (χ0) is 23.3. The maximum absolute atomic E-state index is 12.0. The number of carbonyl (C=O) groups is 2. The van der Waals surface area contributed by atoms with E-state index in [0.717, 1.165) is 29.1 Å². The third-order valence-corrected chi connectivity index (χ3v) is 5.62. The Hall–Kier alpha value is -3.15. The largest absolute Gasteiger partial charge is 0.455 e. The Morgan fingerprint density at radius 1 is 1.25 bits per heavy atom. The van der Waals surface area contributed by atoms with E-state index in [1.807, 2.05) is 19.1 Å². The van der Waals surface area contributed by atoms with Gasteiger partial charge in [-0.3, -0.25) is 24.3 Å². The molecule has 0 bridgehead atoms. The van der Waals surface area contributed by atoms with Crippen LogP contribution in [0.5, 0.6) is 0 Å². The summed E-state index contributed by atoms with van der Waals surface area (Å²) in [6.45, 7) is 1.27. The van der Waals surface area contributed by atoms with Crippen molar-refractivity contribution in [2.45, 2.75) is 12.1 Å². The molecule has 1 heterocycles. The maximum atomic E-state index is 12.0. The number of ether oxygens (including phenoxy) is 1. The molecule has 0 aliphatic carbocycles. The number of nitrogens with one attached hydrogen (secondary N) is 1. The summed E-state index contributed by atoms with van der Waals surface area (Å²) in [6.07, 6.45) is 1.49. The van der Waals surface area contributed by atoms with E-state index in [1.54, 1.807) is 10.6 Å². The second-order valence-corrected chi connectivity index (χ2v) is 8.12. The molecule has 3 aromatic rings. The van der Waals surface area contributed by atoms with Crippen LogP contribution < -0.4 is 5.32 Å². The minimum absolute atomic E-state index is 0.0558. The topological polar surface area (TPSA) is 129 Å². The van der Waals surface area contributed by atoms with Gasteiger partial charge in [-0.15, -0.1) is 10.2 Å². The third kappa shape index (κ3) is 5.96. The van der Waals surface area contributed by atoms with Gasteiger partial charge < -0.3 is 10.1 Å². The van der Waals surface area contributed by atoms with E-state index in [4.69, 9.17) is 27.9 Å². The number of nitrogens with zero attached hydrogens (tertiary/aromatic N) is 4. The highest BCUT2D eigenvalue weighted by Crippen LogP contribution is 2.28. The molecule has 1 amide bonds. The zero-order valence-electron chi connectivity index (χ0n) is 16.4. The first kappa shape index (κ1) is 23.5. The first-order valence-electron chi connectivity index (χ1n) is 8.93. The Labute approximate surface area is 196 Å². The Kier molecular flexibility index (Phi) is 7.67. The number of anilines is 1. The number of benzene rings is 2. The molecular weight excluding hydrogens is 481 g/mol. The van der Waals surface area contributed by atoms with Crippen LogP contribution in [-0.2, 0) is 14.3 Å². The fraction of sp³-hybridized carbons (Fsp3) is 0.158. The molecular formula is C19H15Cl2N5O5S. The Morgan fingerprint density at radius 2 is 2.03 bits per heavy atom. The number of nitro benzene ring substituents is 1. The van der Waals surface area contributed by atoms with Gasteiger partial charge in [-0.2, -0.15) is 0 Å². The van der Waals surface area contributed by atoms with Gasteiger partial charge >= 0.3 is 5.97 Å². The van der Waals surface area contributed by atoms with Crippen molar-refractivity contribution in [2.75, 3.05) is 17.7 Å². The molecule has 0 aliphatic rings. The van der Waals surface area contributed by atoms with E-state index in [1.165, 1.54) is 18.5 Å². The lowest BCUT2D eigenvalue weighted by Gasteiger charge is -2.09. The normalized spacial score (nSPS) is 10.6. The van der Waals surface area contributed by atoms with E-state index in [9.17, 15) is 19.7 Å². The van der Waals surface area contributed by atoms with Gasteiger partial charge in [0.1, 0.15) is 12.0 Å². The van der Waals surface area contributed by atoms with Crippen molar-refractivity contribution in [3.05, 3.63) is 68.4 Å². The van der Waals surface area contributed by atoms with E-state index < -0.39 is 23.4 Å². The quantitative estimate of drug-likeness (QED) is 0.214. The van der Waals surface area contributed by atoms with E-state index in [-0.39, 0.29) is 22.2 Å². The van der Waals surface area contributed by atoms with Gasteiger partial charge in [-0.05, 0) is 36.8 Å². The van der Waals surface area contributed by atoms with Crippen LogP contribution in [0.25, 0.3) is 5.69 Å². The number of hydrogen-bond acceptors (Lipinski definition) is 8. The highest BCUT2D eigenvalue weighted by atomic mass is 35.5. The third-order valence-electron chi connectivity index (χ3n) is 4.06. The average molecular weight is 496 g/mol. The van der Waals surface area contributed by atoms with E-state index in [2.05, 4.69) is 15.5 Å². The van der Waals surface area contributed by atoms with E-state index in [0.29, 0.717) is 10.2 Å². The summed E-state index contributed by atoms with van der Waals surface area (Å²) < 4.78 is 6.59. The molecule has 0 fully saturated rings. The summed E-state index contributed by atoms with van der Waals surface area (Å²) in [7, 11) is 0. The SMILES string of the molecule is Cc1ccc(-n2cnnc2SCC(=O)OCC(=O)Nc2ccc(Cl)cc2[N+](=O)[O-])cc1Cl. The minimum Gasteiger partial charge on any atom is -0.455 e. The summed E-state index contributed by atoms with van der Waals surface area (Å²) in [5.41, 5.74) is 1.22. The summed E-state index contributed by atoms with van der Waals surface area (Å²) in [5, 5.41) is 22.4. The molecule has 0 atom stereocenters. The smallest absolute Gasteiger partial charge is 0.316 e. The van der Waals surface area contributed by atoms with Crippen molar-refractivity contribution in [1.29, 1.82) is 0 Å². The molecule has 0 unspecified atom stereocenters. The van der Waals surface area contributed by atoms with Crippen molar-refractivity contribution >= 4 is 58.2 Å². The summed E-state index contributed by atoms with van der Waals surface area (Å²) in [6, 6.07) is 9.24. The summed E-state index contributed by atoms with van der Waals surface area (Å²) >= 11 is 13.0. The molecule has 0 saturated heterocycles. The lowest BCUT2D eigenvalue weighted by atomic mass is 10.2. The fourth-order valence-corrected chi connectivity index (χ4v) is 3.56. The van der Waals surface area contributed by atoms with Gasteiger partial charge in [-0.1, -0.05) is 41.0 Å². The van der Waals surface area contributed by atoms with Crippen LogP contribution in [0.15, 0.2) is 47.9 Å². The number of esters is 1. The molecule has 166 valence electrons. The Morgan fingerprint density at radius 3 is 2.75 bits per heavy atom. The number of rotatable bonds is 8. The first-order chi connectivity index (χ1) is 15.2. The van der Waals surface area contributed by atoms with Crippen LogP contribution in [0.2, 0.25) is 10.0 Å². The van der Waals surface area contributed by atoms with Crippen molar-refractivity contribution in [3.8, 4) is 5.69 Å².